The lowest BCUT2D eigenvalue weighted by Gasteiger charge is -2.37. The lowest BCUT2D eigenvalue weighted by molar-refractivity contribution is 0.211. The fraction of sp³-hybridized carbons (Fsp3) is 1.00. The van der Waals surface area contributed by atoms with Gasteiger partial charge in [-0.05, 0) is 48.7 Å². The molecule has 0 bridgehead atoms. The van der Waals surface area contributed by atoms with Gasteiger partial charge in [-0.1, -0.05) is 64.1 Å². The highest BCUT2D eigenvalue weighted by molar-refractivity contribution is 14.1. The summed E-state index contributed by atoms with van der Waals surface area (Å²) in [5.74, 6) is 2.36. The normalized spacial score (nSPS) is 18.2. The molecule has 0 aromatic heterocycles. The quantitative estimate of drug-likeness (QED) is 0.271. The second-order valence-electron chi connectivity index (χ2n) is 8.01. The van der Waals surface area contributed by atoms with Gasteiger partial charge in [-0.3, -0.25) is 0 Å². The summed E-state index contributed by atoms with van der Waals surface area (Å²) in [6, 6.07) is 0. The van der Waals surface area contributed by atoms with Gasteiger partial charge in [-0.25, -0.2) is 0 Å². The van der Waals surface area contributed by atoms with Gasteiger partial charge < -0.3 is 4.43 Å². The van der Waals surface area contributed by atoms with Gasteiger partial charge in [0.15, 0.2) is 8.32 Å². The van der Waals surface area contributed by atoms with Gasteiger partial charge in [-0.15, -0.1) is 0 Å². The van der Waals surface area contributed by atoms with Crippen molar-refractivity contribution in [3.8, 4) is 0 Å². The molecule has 3 heteroatoms. The van der Waals surface area contributed by atoms with Crippen LogP contribution in [0, 0.1) is 17.8 Å². The third kappa shape index (κ3) is 8.05. The third-order valence-electron chi connectivity index (χ3n) is 4.41. The van der Waals surface area contributed by atoms with E-state index in [1.54, 1.807) is 0 Å². The van der Waals surface area contributed by atoms with Crippen molar-refractivity contribution in [2.24, 2.45) is 17.8 Å². The smallest absolute Gasteiger partial charge is 0.191 e. The van der Waals surface area contributed by atoms with Crippen LogP contribution >= 0.6 is 22.6 Å². The summed E-state index contributed by atoms with van der Waals surface area (Å²) in [5, 5.41) is 0.327. The van der Waals surface area contributed by atoms with Crippen molar-refractivity contribution in [3.05, 3.63) is 0 Å². The molecule has 0 aliphatic rings. The average molecular weight is 398 g/mol. The summed E-state index contributed by atoms with van der Waals surface area (Å²) in [7, 11) is -1.56. The number of hydrogen-bond donors (Lipinski definition) is 0. The van der Waals surface area contributed by atoms with Crippen molar-refractivity contribution in [1.29, 1.82) is 0 Å². The molecule has 19 heavy (non-hydrogen) atoms. The van der Waals surface area contributed by atoms with Crippen molar-refractivity contribution in [3.63, 3.8) is 0 Å². The van der Waals surface area contributed by atoms with Crippen LogP contribution in [-0.2, 0) is 4.43 Å². The van der Waals surface area contributed by atoms with Crippen molar-refractivity contribution in [2.45, 2.75) is 72.5 Å². The number of rotatable bonds is 8. The molecular formula is C16H35IOSi. The van der Waals surface area contributed by atoms with E-state index in [0.29, 0.717) is 11.0 Å². The van der Waals surface area contributed by atoms with Crippen LogP contribution in [0.3, 0.4) is 0 Å². The summed E-state index contributed by atoms with van der Waals surface area (Å²) in [6.07, 6.45) is 2.66. The van der Waals surface area contributed by atoms with Crippen LogP contribution in [0.5, 0.6) is 0 Å². The topological polar surface area (TPSA) is 9.23 Å². The summed E-state index contributed by atoms with van der Waals surface area (Å²) in [6.45, 7) is 19.7. The number of hydrogen-bond acceptors (Lipinski definition) is 1. The molecule has 0 aromatic rings. The van der Waals surface area contributed by atoms with Gasteiger partial charge in [0.05, 0.1) is 0 Å². The van der Waals surface area contributed by atoms with Crippen LogP contribution in [0.15, 0.2) is 0 Å². The molecule has 0 radical (unpaired) electrons. The molecular weight excluding hydrogens is 363 g/mol. The lowest BCUT2D eigenvalue weighted by atomic mass is 9.91. The molecule has 0 aromatic carbocycles. The Bertz CT molecular complexity index is 248. The van der Waals surface area contributed by atoms with Gasteiger partial charge >= 0.3 is 0 Å². The first-order valence-electron chi connectivity index (χ1n) is 7.69. The Morgan fingerprint density at radius 1 is 0.947 bits per heavy atom. The van der Waals surface area contributed by atoms with Crippen LogP contribution in [0.25, 0.3) is 0 Å². The Kier molecular flexibility index (Phi) is 8.77. The highest BCUT2D eigenvalue weighted by Crippen LogP contribution is 2.37. The van der Waals surface area contributed by atoms with Crippen molar-refractivity contribution in [1.82, 2.24) is 0 Å². The Balaban J connectivity index is 4.09. The zero-order valence-corrected chi connectivity index (χ0v) is 17.5. The molecule has 1 nitrogen and oxygen atoms in total. The first-order valence-corrected chi connectivity index (χ1v) is 12.1. The van der Waals surface area contributed by atoms with Crippen LogP contribution < -0.4 is 0 Å². The van der Waals surface area contributed by atoms with Gasteiger partial charge in [0.2, 0.25) is 0 Å². The first kappa shape index (κ1) is 19.9. The maximum atomic E-state index is 6.33. The van der Waals surface area contributed by atoms with Gasteiger partial charge in [-0.2, -0.15) is 0 Å². The molecule has 0 aliphatic heterocycles. The van der Waals surface area contributed by atoms with Crippen LogP contribution in [0.4, 0.5) is 0 Å². The van der Waals surface area contributed by atoms with Crippen molar-refractivity contribution < 1.29 is 4.43 Å². The molecule has 116 valence electrons. The van der Waals surface area contributed by atoms with E-state index in [2.05, 4.69) is 77.2 Å². The molecule has 0 aliphatic carbocycles. The number of alkyl halides is 1. The minimum atomic E-state index is -1.56. The van der Waals surface area contributed by atoms with E-state index < -0.39 is 8.32 Å². The molecule has 0 N–H and O–H groups in total. The second kappa shape index (κ2) is 8.37. The van der Waals surface area contributed by atoms with E-state index >= 15 is 0 Å². The lowest BCUT2D eigenvalue weighted by Crippen LogP contribution is -2.41. The molecule has 0 amide bonds. The molecule has 0 unspecified atom stereocenters. The highest BCUT2D eigenvalue weighted by atomic mass is 127. The zero-order valence-electron chi connectivity index (χ0n) is 14.3. The monoisotopic (exact) mass is 398 g/mol. The number of halogens is 1. The summed E-state index contributed by atoms with van der Waals surface area (Å²) in [4.78, 5) is 0. The van der Waals surface area contributed by atoms with Gasteiger partial charge in [0, 0.05) is 11.0 Å². The standard InChI is InChI=1S/C16H35IOSi/c1-13(9-14(2)11-17)10-15(3)12-18-19(7,8)16(4,5)6/h13-15H,9-12H2,1-8H3/t13-,14+,15-/m0/s1. The maximum absolute atomic E-state index is 6.33. The maximum Gasteiger partial charge on any atom is 0.191 e. The third-order valence-corrected chi connectivity index (χ3v) is 10.4. The van der Waals surface area contributed by atoms with Gasteiger partial charge in [0.25, 0.3) is 0 Å². The summed E-state index contributed by atoms with van der Waals surface area (Å²) < 4.78 is 7.60. The fourth-order valence-corrected chi connectivity index (χ4v) is 3.66. The first-order chi connectivity index (χ1) is 8.49. The van der Waals surface area contributed by atoms with E-state index in [0.717, 1.165) is 18.4 Å². The molecule has 0 saturated heterocycles. The second-order valence-corrected chi connectivity index (χ2v) is 13.7. The van der Waals surface area contributed by atoms with Crippen molar-refractivity contribution >= 4 is 30.9 Å². The van der Waals surface area contributed by atoms with E-state index in [4.69, 9.17) is 4.43 Å². The molecule has 0 saturated carbocycles. The SMILES string of the molecule is C[C@H](C[C@H](C)CO[Si](C)(C)C(C)(C)C)C[C@@H](C)CI. The summed E-state index contributed by atoms with van der Waals surface area (Å²) >= 11 is 2.50. The molecule has 3 atom stereocenters. The minimum absolute atomic E-state index is 0.327. The van der Waals surface area contributed by atoms with E-state index in [9.17, 15) is 0 Å². The molecule has 0 heterocycles. The average Bonchev–Trinajstić information content (AvgIpc) is 2.24. The highest BCUT2D eigenvalue weighted by Gasteiger charge is 2.37. The van der Waals surface area contributed by atoms with E-state index in [1.165, 1.54) is 17.3 Å². The molecule has 0 fully saturated rings. The molecule has 0 rings (SSSR count). The Labute approximate surface area is 136 Å². The fourth-order valence-electron chi connectivity index (χ4n) is 2.17. The molecule has 0 spiro atoms. The Hall–Kier alpha value is 0.907. The minimum Gasteiger partial charge on any atom is -0.417 e. The van der Waals surface area contributed by atoms with Crippen LogP contribution in [0.1, 0.15) is 54.4 Å². The van der Waals surface area contributed by atoms with E-state index in [-0.39, 0.29) is 0 Å². The van der Waals surface area contributed by atoms with E-state index in [1.807, 2.05) is 0 Å². The van der Waals surface area contributed by atoms with Crippen LogP contribution in [0.2, 0.25) is 18.1 Å². The van der Waals surface area contributed by atoms with Gasteiger partial charge in [0.1, 0.15) is 0 Å². The van der Waals surface area contributed by atoms with Crippen molar-refractivity contribution in [2.75, 3.05) is 11.0 Å². The Morgan fingerprint density at radius 3 is 1.84 bits per heavy atom. The predicted molar refractivity (Wildman–Crippen MR) is 98.8 cm³/mol. The largest absolute Gasteiger partial charge is 0.417 e. The summed E-state index contributed by atoms with van der Waals surface area (Å²) in [5.41, 5.74) is 0. The predicted octanol–water partition coefficient (Wildman–Crippen LogP) is 6.13. The zero-order chi connectivity index (χ0) is 15.3. The Morgan fingerprint density at radius 2 is 1.42 bits per heavy atom. The van der Waals surface area contributed by atoms with Crippen LogP contribution in [-0.4, -0.2) is 19.4 Å².